The van der Waals surface area contributed by atoms with Crippen molar-refractivity contribution in [1.29, 1.82) is 0 Å². The first-order chi connectivity index (χ1) is 6.13. The summed E-state index contributed by atoms with van der Waals surface area (Å²) in [5, 5.41) is 2.65. The first-order valence-electron chi connectivity index (χ1n) is 3.78. The molecule has 0 heterocycles. The van der Waals surface area contributed by atoms with Crippen molar-refractivity contribution in [3.63, 3.8) is 0 Å². The maximum absolute atomic E-state index is 10.7. The van der Waals surface area contributed by atoms with Crippen LogP contribution in [-0.2, 0) is 4.79 Å². The molecule has 0 saturated carbocycles. The summed E-state index contributed by atoms with van der Waals surface area (Å²) in [6.07, 6.45) is 0. The van der Waals surface area contributed by atoms with E-state index in [2.05, 4.69) is 17.9 Å². The molecule has 1 rings (SSSR count). The lowest BCUT2D eigenvalue weighted by Gasteiger charge is -2.06. The van der Waals surface area contributed by atoms with Gasteiger partial charge >= 0.3 is 0 Å². The first-order valence-corrected chi connectivity index (χ1v) is 4.23. The van der Waals surface area contributed by atoms with Crippen LogP contribution in [0.3, 0.4) is 0 Å². The summed E-state index contributed by atoms with van der Waals surface area (Å²) in [5.74, 6) is 0.611. The molecule has 0 bridgehead atoms. The highest BCUT2D eigenvalue weighted by Crippen LogP contribution is 2.24. The Morgan fingerprint density at radius 1 is 1.54 bits per heavy atom. The van der Waals surface area contributed by atoms with Gasteiger partial charge in [0.2, 0.25) is 5.91 Å². The Bertz CT molecular complexity index is 325. The Morgan fingerprint density at radius 3 is 2.69 bits per heavy atom. The predicted octanol–water partition coefficient (Wildman–Crippen LogP) is 1.94. The lowest BCUT2D eigenvalue weighted by molar-refractivity contribution is -0.114. The van der Waals surface area contributed by atoms with Gasteiger partial charge in [-0.05, 0) is 18.2 Å². The zero-order valence-corrected chi connectivity index (χ0v) is 8.39. The monoisotopic (exact) mass is 197 g/mol. The normalized spacial score (nSPS) is 9.46. The molecule has 0 fully saturated rings. The number of anilines is 1. The number of nitrogens with one attached hydrogen (secondary N) is 1. The van der Waals surface area contributed by atoms with Crippen LogP contribution in [0, 0.1) is 0 Å². The van der Waals surface area contributed by atoms with E-state index in [0.717, 1.165) is 5.75 Å². The van der Waals surface area contributed by atoms with Crippen LogP contribution in [0.2, 0.25) is 0 Å². The highest BCUT2D eigenvalue weighted by Gasteiger charge is 2.01. The number of methoxy groups -OCH3 is 1. The fourth-order valence-electron chi connectivity index (χ4n) is 0.934. The molecule has 0 radical (unpaired) electrons. The highest BCUT2D eigenvalue weighted by molar-refractivity contribution is 7.80. The molecule has 4 heteroatoms. The number of hydrogen-bond acceptors (Lipinski definition) is 3. The summed E-state index contributed by atoms with van der Waals surface area (Å²) in [4.78, 5) is 11.4. The summed E-state index contributed by atoms with van der Waals surface area (Å²) in [6, 6.07) is 5.27. The van der Waals surface area contributed by atoms with Crippen molar-refractivity contribution < 1.29 is 9.53 Å². The van der Waals surface area contributed by atoms with Crippen LogP contribution in [0.4, 0.5) is 5.69 Å². The second-order valence-electron chi connectivity index (χ2n) is 2.56. The van der Waals surface area contributed by atoms with Crippen molar-refractivity contribution in [3.8, 4) is 5.75 Å². The molecule has 70 valence electrons. The third-order valence-corrected chi connectivity index (χ3v) is 1.89. The van der Waals surface area contributed by atoms with Crippen LogP contribution in [0.1, 0.15) is 6.92 Å². The summed E-state index contributed by atoms with van der Waals surface area (Å²) in [5.41, 5.74) is 0.691. The van der Waals surface area contributed by atoms with E-state index >= 15 is 0 Å². The maximum atomic E-state index is 10.7. The SMILES string of the molecule is COc1ccc(NC(C)=O)c(S)c1. The molecule has 0 aliphatic heterocycles. The zero-order chi connectivity index (χ0) is 9.84. The van der Waals surface area contributed by atoms with Gasteiger partial charge in [-0.1, -0.05) is 0 Å². The van der Waals surface area contributed by atoms with Crippen LogP contribution in [0.5, 0.6) is 5.75 Å². The van der Waals surface area contributed by atoms with Crippen LogP contribution >= 0.6 is 12.6 Å². The third-order valence-electron chi connectivity index (χ3n) is 1.52. The van der Waals surface area contributed by atoms with Crippen LogP contribution in [-0.4, -0.2) is 13.0 Å². The standard InChI is InChI=1S/C9H11NO2S/c1-6(11)10-8-4-3-7(12-2)5-9(8)13/h3-5,13H,1-2H3,(H,10,11). The quantitative estimate of drug-likeness (QED) is 0.711. The summed E-state index contributed by atoms with van der Waals surface area (Å²) in [7, 11) is 1.58. The Labute approximate surface area is 82.5 Å². The molecule has 0 saturated heterocycles. The molecular weight excluding hydrogens is 186 g/mol. The van der Waals surface area contributed by atoms with E-state index in [9.17, 15) is 4.79 Å². The number of amides is 1. The van der Waals surface area contributed by atoms with Gasteiger partial charge in [0.1, 0.15) is 5.75 Å². The van der Waals surface area contributed by atoms with Crippen molar-refractivity contribution in [1.82, 2.24) is 0 Å². The molecule has 3 nitrogen and oxygen atoms in total. The van der Waals surface area contributed by atoms with Crippen LogP contribution in [0.15, 0.2) is 23.1 Å². The number of hydrogen-bond donors (Lipinski definition) is 2. The van der Waals surface area contributed by atoms with E-state index in [0.29, 0.717) is 10.6 Å². The van der Waals surface area contributed by atoms with E-state index in [-0.39, 0.29) is 5.91 Å². The number of ether oxygens (including phenoxy) is 1. The van der Waals surface area contributed by atoms with Gasteiger partial charge in [-0.25, -0.2) is 0 Å². The molecule has 0 spiro atoms. The van der Waals surface area contributed by atoms with Crippen molar-refractivity contribution in [2.24, 2.45) is 0 Å². The van der Waals surface area contributed by atoms with E-state index < -0.39 is 0 Å². The van der Waals surface area contributed by atoms with E-state index in [1.165, 1.54) is 6.92 Å². The van der Waals surface area contributed by atoms with E-state index in [1.807, 2.05) is 0 Å². The minimum absolute atomic E-state index is 0.111. The van der Waals surface area contributed by atoms with Crippen molar-refractivity contribution >= 4 is 24.2 Å². The van der Waals surface area contributed by atoms with Gasteiger partial charge in [0, 0.05) is 11.8 Å². The van der Waals surface area contributed by atoms with Gasteiger partial charge in [0.05, 0.1) is 12.8 Å². The van der Waals surface area contributed by atoms with Gasteiger partial charge in [-0.2, -0.15) is 0 Å². The fraction of sp³-hybridized carbons (Fsp3) is 0.222. The third kappa shape index (κ3) is 2.66. The zero-order valence-electron chi connectivity index (χ0n) is 7.50. The number of rotatable bonds is 2. The molecular formula is C9H11NO2S. The van der Waals surface area contributed by atoms with Crippen LogP contribution < -0.4 is 10.1 Å². The summed E-state index contributed by atoms with van der Waals surface area (Å²) < 4.78 is 4.99. The highest BCUT2D eigenvalue weighted by atomic mass is 32.1. The molecule has 0 unspecified atom stereocenters. The molecule has 1 N–H and O–H groups in total. The molecule has 0 aliphatic rings. The lowest BCUT2D eigenvalue weighted by Crippen LogP contribution is -2.06. The average Bonchev–Trinajstić information content (AvgIpc) is 2.08. The lowest BCUT2D eigenvalue weighted by atomic mass is 10.3. The largest absolute Gasteiger partial charge is 0.497 e. The number of benzene rings is 1. The molecule has 1 aromatic rings. The Kier molecular flexibility index (Phi) is 3.19. The second kappa shape index (κ2) is 4.18. The number of carbonyl (C=O) groups is 1. The number of thiol groups is 1. The van der Waals surface area contributed by atoms with Gasteiger partial charge in [0.25, 0.3) is 0 Å². The minimum Gasteiger partial charge on any atom is -0.497 e. The minimum atomic E-state index is -0.111. The Morgan fingerprint density at radius 2 is 2.23 bits per heavy atom. The van der Waals surface area contributed by atoms with Gasteiger partial charge in [0.15, 0.2) is 0 Å². The Hall–Kier alpha value is -1.16. The van der Waals surface area contributed by atoms with Gasteiger partial charge in [-0.3, -0.25) is 4.79 Å². The van der Waals surface area contributed by atoms with Crippen molar-refractivity contribution in [2.75, 3.05) is 12.4 Å². The van der Waals surface area contributed by atoms with E-state index in [1.54, 1.807) is 25.3 Å². The van der Waals surface area contributed by atoms with Crippen molar-refractivity contribution in [2.45, 2.75) is 11.8 Å². The molecule has 0 aliphatic carbocycles. The maximum Gasteiger partial charge on any atom is 0.221 e. The van der Waals surface area contributed by atoms with Gasteiger partial charge in [-0.15, -0.1) is 12.6 Å². The number of carbonyl (C=O) groups excluding carboxylic acids is 1. The predicted molar refractivity (Wildman–Crippen MR) is 54.5 cm³/mol. The summed E-state index contributed by atoms with van der Waals surface area (Å²) >= 11 is 4.20. The topological polar surface area (TPSA) is 38.3 Å². The van der Waals surface area contributed by atoms with Gasteiger partial charge < -0.3 is 10.1 Å². The molecule has 1 aromatic carbocycles. The smallest absolute Gasteiger partial charge is 0.221 e. The molecule has 13 heavy (non-hydrogen) atoms. The Balaban J connectivity index is 2.91. The molecule has 0 atom stereocenters. The molecule has 0 aromatic heterocycles. The molecule has 1 amide bonds. The van der Waals surface area contributed by atoms with Crippen molar-refractivity contribution in [3.05, 3.63) is 18.2 Å². The first kappa shape index (κ1) is 9.92. The summed E-state index contributed by atoms with van der Waals surface area (Å²) in [6.45, 7) is 1.46. The van der Waals surface area contributed by atoms with E-state index in [4.69, 9.17) is 4.74 Å². The van der Waals surface area contributed by atoms with Crippen LogP contribution in [0.25, 0.3) is 0 Å². The fourth-order valence-corrected chi connectivity index (χ4v) is 1.19. The average molecular weight is 197 g/mol. The second-order valence-corrected chi connectivity index (χ2v) is 3.05.